The molecule has 6 nitrogen and oxygen atoms in total. The molecule has 0 amide bonds. The van der Waals surface area contributed by atoms with Crippen molar-refractivity contribution in [1.82, 2.24) is 0 Å². The zero-order valence-electron chi connectivity index (χ0n) is 26.1. The number of benzene rings is 6. The Labute approximate surface area is 304 Å². The van der Waals surface area contributed by atoms with Crippen LogP contribution in [0.2, 0.25) is 0 Å². The van der Waals surface area contributed by atoms with Gasteiger partial charge in [-0.2, -0.15) is 13.2 Å². The van der Waals surface area contributed by atoms with Crippen LogP contribution in [0.3, 0.4) is 0 Å². The van der Waals surface area contributed by atoms with Crippen LogP contribution in [0.15, 0.2) is 142 Å². The van der Waals surface area contributed by atoms with E-state index in [0.717, 1.165) is 43.5 Å². The van der Waals surface area contributed by atoms with Crippen molar-refractivity contribution in [2.75, 3.05) is 6.35 Å². The smallest absolute Gasteiger partial charge is 0.741 e. The predicted octanol–water partition coefficient (Wildman–Crippen LogP) is 10.0. The molecular weight excluding hydrogens is 798 g/mol. The van der Waals surface area contributed by atoms with Gasteiger partial charge in [0.2, 0.25) is 0 Å². The SMILES string of the molecule is O=S(=O)([O-])C(F)(F)F.[CH2][CH][CH2].[Pd+2].c1ccc(P(COp2oc3ccc4ccccc4c3c3c(ccc4ccccc43)o2)c2ccccc2)cc1. The fourth-order valence-corrected chi connectivity index (χ4v) is 8.29. The monoisotopic (exact) mass is 826 g/mol. The minimum atomic E-state index is -6.09. The van der Waals surface area contributed by atoms with Crippen LogP contribution in [-0.4, -0.2) is 24.8 Å². The third-order valence-corrected chi connectivity index (χ3v) is 11.1. The molecule has 1 heterocycles. The third-order valence-electron chi connectivity index (χ3n) is 7.09. The molecular formula is C37H29F3O6P2PdS+. The molecule has 0 atom stereocenters. The van der Waals surface area contributed by atoms with Gasteiger partial charge in [0, 0.05) is 10.8 Å². The zero-order chi connectivity index (χ0) is 35.0. The largest absolute Gasteiger partial charge is 2.00 e. The molecule has 0 N–H and O–H groups in total. The van der Waals surface area contributed by atoms with Gasteiger partial charge in [-0.25, -0.2) is 8.42 Å². The predicted molar refractivity (Wildman–Crippen MR) is 193 cm³/mol. The maximum Gasteiger partial charge on any atom is 2.00 e. The summed E-state index contributed by atoms with van der Waals surface area (Å²) in [5, 5.41) is 9.23. The molecule has 0 unspecified atom stereocenters. The van der Waals surface area contributed by atoms with E-state index in [1.165, 1.54) is 17.0 Å². The average Bonchev–Trinajstić information content (AvgIpc) is 3.26. The summed E-state index contributed by atoms with van der Waals surface area (Å²) in [7, 11) is -8.51. The third kappa shape index (κ3) is 9.43. The fraction of sp³-hybridized carbons (Fsp3) is 0.0541. The van der Waals surface area contributed by atoms with Crippen molar-refractivity contribution >= 4 is 80.4 Å². The van der Waals surface area contributed by atoms with Gasteiger partial charge in [0.1, 0.15) is 11.2 Å². The van der Waals surface area contributed by atoms with E-state index in [1.54, 1.807) is 0 Å². The maximum absolute atomic E-state index is 10.7. The molecule has 259 valence electrons. The van der Waals surface area contributed by atoms with Crippen molar-refractivity contribution < 1.29 is 59.5 Å². The molecule has 7 aromatic rings. The Morgan fingerprint density at radius 3 is 1.42 bits per heavy atom. The molecule has 50 heavy (non-hydrogen) atoms. The second-order valence-electron chi connectivity index (χ2n) is 10.3. The number of rotatable bonds is 5. The summed E-state index contributed by atoms with van der Waals surface area (Å²) in [6.45, 7) is 6.50. The van der Waals surface area contributed by atoms with E-state index < -0.39 is 31.8 Å². The Hall–Kier alpha value is -3.51. The second kappa shape index (κ2) is 17.6. The van der Waals surface area contributed by atoms with Crippen molar-refractivity contribution in [2.45, 2.75) is 5.51 Å². The van der Waals surface area contributed by atoms with E-state index in [-0.39, 0.29) is 20.4 Å². The van der Waals surface area contributed by atoms with Gasteiger partial charge in [0.05, 0.1) is 6.35 Å². The van der Waals surface area contributed by atoms with Crippen LogP contribution < -0.4 is 15.1 Å². The Morgan fingerprint density at radius 1 is 0.680 bits per heavy atom. The van der Waals surface area contributed by atoms with E-state index in [1.807, 2.05) is 24.3 Å². The normalized spacial score (nSPS) is 11.4. The van der Waals surface area contributed by atoms with Crippen LogP contribution >= 0.6 is 16.2 Å². The van der Waals surface area contributed by atoms with Crippen LogP contribution in [0.5, 0.6) is 0 Å². The van der Waals surface area contributed by atoms with Gasteiger partial charge in [-0.15, -0.1) is 0 Å². The first-order valence-corrected chi connectivity index (χ1v) is 18.7. The second-order valence-corrected chi connectivity index (χ2v) is 14.9. The van der Waals surface area contributed by atoms with E-state index in [0.29, 0.717) is 6.35 Å². The summed E-state index contributed by atoms with van der Waals surface area (Å²) in [6, 6.07) is 46.3. The summed E-state index contributed by atoms with van der Waals surface area (Å²) in [4.78, 5) is 0. The number of hydrogen-bond donors (Lipinski definition) is 0. The van der Waals surface area contributed by atoms with Crippen molar-refractivity contribution in [3.8, 4) is 0 Å². The molecule has 0 aliphatic carbocycles. The molecule has 1 aromatic heterocycles. The molecule has 7 rings (SSSR count). The van der Waals surface area contributed by atoms with Crippen LogP contribution in [-0.2, 0) is 30.5 Å². The van der Waals surface area contributed by atoms with Crippen molar-refractivity contribution in [2.24, 2.45) is 0 Å². The topological polar surface area (TPSA) is 92.7 Å². The van der Waals surface area contributed by atoms with Gasteiger partial charge < -0.3 is 12.9 Å². The summed E-state index contributed by atoms with van der Waals surface area (Å²) in [5.74, 6) is 0. The number of fused-ring (bicyclic) bond motifs is 7. The zero-order valence-corrected chi connectivity index (χ0v) is 30.3. The van der Waals surface area contributed by atoms with Crippen LogP contribution in [0.4, 0.5) is 13.2 Å². The van der Waals surface area contributed by atoms with Gasteiger partial charge >= 0.3 is 34.2 Å². The van der Waals surface area contributed by atoms with Crippen LogP contribution in [0.1, 0.15) is 0 Å². The number of alkyl halides is 3. The van der Waals surface area contributed by atoms with Crippen molar-refractivity contribution in [3.05, 3.63) is 154 Å². The number of halogens is 3. The van der Waals surface area contributed by atoms with Crippen molar-refractivity contribution in [3.63, 3.8) is 0 Å². The number of hydrogen-bond acceptors (Lipinski definition) is 6. The maximum atomic E-state index is 10.7. The standard InChI is InChI=1S/C33H24O3P2.C3H5.CHF3O3S.Pd/c1-3-13-26(14-4-1)37(27-15-5-2-6-16-27)23-34-38-35-30-21-19-24-11-7-9-17-28(24)32(30)33-29-18-10-8-12-25(29)20-22-31(33)36-38;1-3-2;2-1(3,4)8(5,6)7;/h1-22H,23H2;3H,1-2H2;(H,5,6,7);/q;;;+2/p-1. The molecule has 0 saturated heterocycles. The first-order chi connectivity index (χ1) is 23.5. The van der Waals surface area contributed by atoms with E-state index in [9.17, 15) is 13.2 Å². The Balaban J connectivity index is 0.000000411. The summed E-state index contributed by atoms with van der Waals surface area (Å²) < 4.78 is 78.5. The molecule has 0 aliphatic rings. The fourth-order valence-electron chi connectivity index (χ4n) is 5.02. The van der Waals surface area contributed by atoms with Crippen LogP contribution in [0, 0.1) is 20.3 Å². The average molecular weight is 827 g/mol. The summed E-state index contributed by atoms with van der Waals surface area (Å²) in [6.07, 6.45) is 2.00. The van der Waals surface area contributed by atoms with Gasteiger partial charge in [-0.05, 0) is 72.5 Å². The minimum absolute atomic E-state index is 0. The molecule has 3 radical (unpaired) electrons. The minimum Gasteiger partial charge on any atom is -0.741 e. The summed E-state index contributed by atoms with van der Waals surface area (Å²) >= 11 is 0. The van der Waals surface area contributed by atoms with Crippen LogP contribution in [0.25, 0.3) is 43.5 Å². The molecule has 0 fully saturated rings. The Morgan fingerprint density at radius 2 is 1.04 bits per heavy atom. The summed E-state index contributed by atoms with van der Waals surface area (Å²) in [5.41, 5.74) is -4.07. The van der Waals surface area contributed by atoms with E-state index in [4.69, 9.17) is 25.9 Å². The first kappa shape index (κ1) is 39.3. The molecule has 0 bridgehead atoms. The molecule has 13 heteroatoms. The van der Waals surface area contributed by atoms with E-state index in [2.05, 4.69) is 123 Å². The molecule has 6 aromatic carbocycles. The molecule has 0 saturated carbocycles. The van der Waals surface area contributed by atoms with Gasteiger partial charge in [0.15, 0.2) is 10.1 Å². The van der Waals surface area contributed by atoms with E-state index >= 15 is 0 Å². The first-order valence-electron chi connectivity index (χ1n) is 14.6. The van der Waals surface area contributed by atoms with Gasteiger partial charge in [0.25, 0.3) is 0 Å². The Kier molecular flexibility index (Phi) is 13.8. The van der Waals surface area contributed by atoms with Gasteiger partial charge in [-0.3, -0.25) is 4.52 Å². The Bertz CT molecular complexity index is 2180. The molecule has 0 spiro atoms. The quantitative estimate of drug-likeness (QED) is 0.0743. The van der Waals surface area contributed by atoms with Crippen molar-refractivity contribution in [1.29, 1.82) is 0 Å². The van der Waals surface area contributed by atoms with Gasteiger partial charge in [-0.1, -0.05) is 121 Å². The molecule has 0 aliphatic heterocycles.